The van der Waals surface area contributed by atoms with Crippen LogP contribution in [0.5, 0.6) is 5.75 Å². The van der Waals surface area contributed by atoms with E-state index in [1.54, 1.807) is 29.2 Å². The summed E-state index contributed by atoms with van der Waals surface area (Å²) in [6.07, 6.45) is 4.59. The van der Waals surface area contributed by atoms with Gasteiger partial charge in [0.05, 0.1) is 23.6 Å². The smallest absolute Gasteiger partial charge is 0.276 e. The van der Waals surface area contributed by atoms with Crippen molar-refractivity contribution in [3.8, 4) is 5.75 Å². The molecule has 2 amide bonds. The lowest BCUT2D eigenvalue weighted by Crippen LogP contribution is -2.26. The number of anilines is 2. The number of fused-ring (bicyclic) bond motifs is 1. The molecule has 39 heavy (non-hydrogen) atoms. The second-order valence-corrected chi connectivity index (χ2v) is 9.43. The first kappa shape index (κ1) is 24.3. The van der Waals surface area contributed by atoms with Gasteiger partial charge in [0, 0.05) is 18.7 Å². The lowest BCUT2D eigenvalue weighted by molar-refractivity contribution is 0.0995. The molecule has 0 radical (unpaired) electrons. The molecular weight excluding hydrogens is 502 g/mol. The zero-order valence-electron chi connectivity index (χ0n) is 21.5. The largest absolute Gasteiger partial charge is 0.489 e. The predicted octanol–water partition coefficient (Wildman–Crippen LogP) is 2.05. The third kappa shape index (κ3) is 4.19. The van der Waals surface area contributed by atoms with Crippen LogP contribution in [0.3, 0.4) is 0 Å². The highest BCUT2D eigenvalue weighted by Gasteiger charge is 2.29. The van der Waals surface area contributed by atoms with Crippen LogP contribution in [0.1, 0.15) is 52.3 Å². The lowest BCUT2D eigenvalue weighted by Gasteiger charge is -2.27. The molecule has 6 rings (SSSR count). The Morgan fingerprint density at radius 2 is 2.05 bits per heavy atom. The summed E-state index contributed by atoms with van der Waals surface area (Å²) in [5.41, 5.74) is 15.4. The van der Waals surface area contributed by atoms with E-state index in [1.807, 2.05) is 23.0 Å². The van der Waals surface area contributed by atoms with E-state index >= 15 is 0 Å². The molecule has 0 fully saturated rings. The van der Waals surface area contributed by atoms with Gasteiger partial charge >= 0.3 is 0 Å². The van der Waals surface area contributed by atoms with E-state index in [0.29, 0.717) is 71.5 Å². The molecule has 4 aromatic heterocycles. The molecule has 1 aromatic carbocycles. The number of primary amides is 1. The Kier molecular flexibility index (Phi) is 5.85. The summed E-state index contributed by atoms with van der Waals surface area (Å²) in [4.78, 5) is 42.5. The highest BCUT2D eigenvalue weighted by atomic mass is 16.5. The van der Waals surface area contributed by atoms with E-state index in [0.717, 1.165) is 12.1 Å². The van der Waals surface area contributed by atoms with Crippen LogP contribution in [0, 0.1) is 6.92 Å². The highest BCUT2D eigenvalue weighted by molar-refractivity contribution is 6.04. The number of carbonyl (C=O) groups is 2. The maximum absolute atomic E-state index is 13.3. The van der Waals surface area contributed by atoms with E-state index in [2.05, 4.69) is 30.4 Å². The van der Waals surface area contributed by atoms with Crippen LogP contribution in [0.4, 0.5) is 11.8 Å². The minimum absolute atomic E-state index is 0.135. The fourth-order valence-corrected chi connectivity index (χ4v) is 5.06. The minimum Gasteiger partial charge on any atom is -0.489 e. The normalized spacial score (nSPS) is 14.6. The number of hydrogen-bond donors (Lipinski definition) is 3. The summed E-state index contributed by atoms with van der Waals surface area (Å²) in [5, 5.41) is 7.34. The summed E-state index contributed by atoms with van der Waals surface area (Å²) >= 11 is 0. The Bertz CT molecular complexity index is 1750. The minimum atomic E-state index is -0.585. The lowest BCUT2D eigenvalue weighted by atomic mass is 10.1. The molecule has 5 N–H and O–H groups in total. The highest BCUT2D eigenvalue weighted by Crippen LogP contribution is 2.38. The van der Waals surface area contributed by atoms with Crippen molar-refractivity contribution in [3.05, 3.63) is 47.8 Å². The number of nitrogens with two attached hydrogens (primary N) is 2. The predicted molar refractivity (Wildman–Crippen MR) is 142 cm³/mol. The summed E-state index contributed by atoms with van der Waals surface area (Å²) in [5.74, 6) is 0.285. The summed E-state index contributed by atoms with van der Waals surface area (Å²) in [7, 11) is 0. The van der Waals surface area contributed by atoms with Gasteiger partial charge in [0.1, 0.15) is 35.4 Å². The Labute approximate surface area is 222 Å². The van der Waals surface area contributed by atoms with E-state index < -0.39 is 5.91 Å². The number of aryl methyl sites for hydroxylation is 3. The van der Waals surface area contributed by atoms with Gasteiger partial charge in [0.25, 0.3) is 5.91 Å². The number of aromatic nitrogens is 8. The van der Waals surface area contributed by atoms with Gasteiger partial charge in [-0.3, -0.25) is 19.6 Å². The maximum Gasteiger partial charge on any atom is 0.276 e. The number of ether oxygens (including phenoxy) is 1. The molecular formula is C25H27N11O3. The number of imidazole rings is 2. The van der Waals surface area contributed by atoms with Crippen LogP contribution < -0.4 is 21.5 Å². The molecule has 14 nitrogen and oxygen atoms in total. The molecule has 0 saturated heterocycles. The van der Waals surface area contributed by atoms with Gasteiger partial charge in [-0.25, -0.2) is 19.9 Å². The quantitative estimate of drug-likeness (QED) is 0.270. The Balaban J connectivity index is 1.32. The summed E-state index contributed by atoms with van der Waals surface area (Å²) in [6.45, 7) is 5.28. The van der Waals surface area contributed by atoms with Gasteiger partial charge in [0.15, 0.2) is 11.5 Å². The summed E-state index contributed by atoms with van der Waals surface area (Å²) < 4.78 is 11.6. The fraction of sp³-hybridized carbons (Fsp3) is 0.320. The molecule has 0 unspecified atom stereocenters. The zero-order chi connectivity index (χ0) is 27.3. The van der Waals surface area contributed by atoms with Gasteiger partial charge in [-0.1, -0.05) is 0 Å². The third-order valence-corrected chi connectivity index (χ3v) is 6.86. The first-order chi connectivity index (χ1) is 18.8. The number of carbonyl (C=O) groups excluding carboxylic acids is 2. The Morgan fingerprint density at radius 1 is 1.21 bits per heavy atom. The number of nitrogens with one attached hydrogen (secondary N) is 1. The molecule has 5 aromatic rings. The van der Waals surface area contributed by atoms with Crippen molar-refractivity contribution in [2.24, 2.45) is 5.73 Å². The van der Waals surface area contributed by atoms with Crippen molar-refractivity contribution >= 4 is 45.8 Å². The molecule has 0 bridgehead atoms. The standard InChI is InChI=1S/C25H27N11O3/c1-3-35-17(7-13(2)33-35)24(38)32-25-31-16-8-14(22(27)37)9-18-20(16)36(25)15(10-39-18)5-4-6-34-12-30-19-21(26)28-11-29-23(19)34/h7-9,11-12,15H,3-6,10H2,1-2H3,(H2,27,37)(H2,26,28,29)(H,31,32,38)/t15-/m0/s1. The van der Waals surface area contributed by atoms with Crippen LogP contribution in [-0.4, -0.2) is 57.3 Å². The molecule has 5 heterocycles. The average Bonchev–Trinajstić information content (AvgIpc) is 3.61. The number of rotatable bonds is 8. The first-order valence-electron chi connectivity index (χ1n) is 12.6. The number of amides is 2. The Hall–Kier alpha value is -5.01. The number of hydrogen-bond acceptors (Lipinski definition) is 9. The SMILES string of the molecule is CCn1nc(C)cc1C(=O)Nc1nc2cc(C(N)=O)cc3c2n1[C@@H](CCCn1cnc2c(N)ncnc21)CO3. The second kappa shape index (κ2) is 9.38. The van der Waals surface area contributed by atoms with Crippen LogP contribution in [0.2, 0.25) is 0 Å². The molecule has 0 spiro atoms. The molecule has 0 saturated carbocycles. The van der Waals surface area contributed by atoms with Crippen molar-refractivity contribution in [2.45, 2.75) is 45.8 Å². The van der Waals surface area contributed by atoms with Crippen molar-refractivity contribution < 1.29 is 14.3 Å². The Morgan fingerprint density at radius 3 is 2.85 bits per heavy atom. The zero-order valence-corrected chi connectivity index (χ0v) is 21.5. The number of benzene rings is 1. The first-order valence-corrected chi connectivity index (χ1v) is 12.6. The average molecular weight is 530 g/mol. The second-order valence-electron chi connectivity index (χ2n) is 9.43. The monoisotopic (exact) mass is 529 g/mol. The molecule has 0 aliphatic carbocycles. The van der Waals surface area contributed by atoms with Crippen LogP contribution in [0.25, 0.3) is 22.2 Å². The molecule has 200 valence electrons. The molecule has 14 heteroatoms. The van der Waals surface area contributed by atoms with Crippen LogP contribution >= 0.6 is 0 Å². The van der Waals surface area contributed by atoms with Crippen molar-refractivity contribution in [3.63, 3.8) is 0 Å². The van der Waals surface area contributed by atoms with Crippen molar-refractivity contribution in [1.82, 2.24) is 38.9 Å². The van der Waals surface area contributed by atoms with Gasteiger partial charge in [0.2, 0.25) is 11.9 Å². The van der Waals surface area contributed by atoms with Gasteiger partial charge in [-0.2, -0.15) is 5.10 Å². The van der Waals surface area contributed by atoms with Crippen molar-refractivity contribution in [2.75, 3.05) is 17.7 Å². The third-order valence-electron chi connectivity index (χ3n) is 6.86. The van der Waals surface area contributed by atoms with E-state index in [4.69, 9.17) is 16.2 Å². The fourth-order valence-electron chi connectivity index (χ4n) is 5.06. The van der Waals surface area contributed by atoms with E-state index in [1.165, 1.54) is 6.33 Å². The maximum atomic E-state index is 13.3. The number of nitrogen functional groups attached to an aromatic ring is 1. The van der Waals surface area contributed by atoms with E-state index in [9.17, 15) is 9.59 Å². The number of nitrogens with zero attached hydrogens (tertiary/aromatic N) is 8. The molecule has 1 aliphatic heterocycles. The van der Waals surface area contributed by atoms with Crippen LogP contribution in [-0.2, 0) is 13.1 Å². The van der Waals surface area contributed by atoms with Crippen LogP contribution in [0.15, 0.2) is 30.9 Å². The van der Waals surface area contributed by atoms with Gasteiger partial charge < -0.3 is 25.3 Å². The van der Waals surface area contributed by atoms with Gasteiger partial charge in [-0.15, -0.1) is 0 Å². The van der Waals surface area contributed by atoms with Crippen molar-refractivity contribution in [1.29, 1.82) is 0 Å². The van der Waals surface area contributed by atoms with E-state index in [-0.39, 0.29) is 17.5 Å². The molecule has 1 atom stereocenters. The van der Waals surface area contributed by atoms with Gasteiger partial charge in [-0.05, 0) is 44.9 Å². The topological polar surface area (TPSA) is 187 Å². The summed E-state index contributed by atoms with van der Waals surface area (Å²) in [6, 6.07) is 4.83. The molecule has 1 aliphatic rings.